The lowest BCUT2D eigenvalue weighted by molar-refractivity contribution is 0.854. The number of benzene rings is 1. The van der Waals surface area contributed by atoms with Gasteiger partial charge in [-0.3, -0.25) is 0 Å². The summed E-state index contributed by atoms with van der Waals surface area (Å²) in [6.07, 6.45) is 2.21. The van der Waals surface area contributed by atoms with E-state index in [1.807, 2.05) is 0 Å². The molecule has 1 rings (SSSR count). The van der Waals surface area contributed by atoms with E-state index in [0.29, 0.717) is 5.92 Å². The van der Waals surface area contributed by atoms with Crippen LogP contribution < -0.4 is 0 Å². The molecule has 1 aromatic carbocycles. The molecule has 0 bridgehead atoms. The zero-order chi connectivity index (χ0) is 9.84. The first-order valence-corrected chi connectivity index (χ1v) is 4.88. The Morgan fingerprint density at radius 3 is 2.46 bits per heavy atom. The van der Waals surface area contributed by atoms with E-state index in [1.165, 1.54) is 16.7 Å². The average Bonchev–Trinajstić information content (AvgIpc) is 2.04. The molecule has 0 aliphatic heterocycles. The summed E-state index contributed by atoms with van der Waals surface area (Å²) in [5.74, 6) is 0.604. The number of allylic oxidation sites excluding steroid dienone is 2. The molecule has 0 saturated carbocycles. The van der Waals surface area contributed by atoms with E-state index in [-0.39, 0.29) is 0 Å². The second-order valence-corrected chi connectivity index (χ2v) is 3.77. The van der Waals surface area contributed by atoms with E-state index in [2.05, 4.69) is 58.0 Å². The van der Waals surface area contributed by atoms with Crippen molar-refractivity contribution in [1.82, 2.24) is 0 Å². The molecule has 0 heterocycles. The van der Waals surface area contributed by atoms with E-state index < -0.39 is 0 Å². The van der Waals surface area contributed by atoms with Crippen LogP contribution in [0.15, 0.2) is 30.3 Å². The van der Waals surface area contributed by atoms with Crippen LogP contribution in [-0.4, -0.2) is 0 Å². The van der Waals surface area contributed by atoms with Gasteiger partial charge in [-0.05, 0) is 30.9 Å². The zero-order valence-corrected chi connectivity index (χ0v) is 8.96. The van der Waals surface area contributed by atoms with Gasteiger partial charge in [0.1, 0.15) is 0 Å². The number of hydrogen-bond donors (Lipinski definition) is 0. The van der Waals surface area contributed by atoms with E-state index in [4.69, 9.17) is 0 Å². The Hall–Kier alpha value is -1.04. The molecule has 1 aromatic rings. The average molecular weight is 174 g/mol. The van der Waals surface area contributed by atoms with Crippen molar-refractivity contribution in [2.24, 2.45) is 5.92 Å². The molecular formula is C13H18. The molecule has 0 spiro atoms. The molecule has 0 radical (unpaired) electrons. The Labute approximate surface area is 81.3 Å². The highest BCUT2D eigenvalue weighted by molar-refractivity contribution is 5.67. The highest BCUT2D eigenvalue weighted by Crippen LogP contribution is 2.23. The molecule has 0 N–H and O–H groups in total. The second kappa shape index (κ2) is 4.27. The first-order valence-electron chi connectivity index (χ1n) is 4.88. The van der Waals surface area contributed by atoms with Gasteiger partial charge in [0.15, 0.2) is 0 Å². The van der Waals surface area contributed by atoms with E-state index in [1.54, 1.807) is 0 Å². The number of rotatable bonds is 2. The van der Waals surface area contributed by atoms with Crippen LogP contribution in [0.4, 0.5) is 0 Å². The highest BCUT2D eigenvalue weighted by atomic mass is 14.1. The van der Waals surface area contributed by atoms with Crippen LogP contribution >= 0.6 is 0 Å². The van der Waals surface area contributed by atoms with Crippen molar-refractivity contribution in [3.63, 3.8) is 0 Å². The fourth-order valence-corrected chi connectivity index (χ4v) is 1.66. The maximum Gasteiger partial charge on any atom is -0.0216 e. The van der Waals surface area contributed by atoms with Crippen LogP contribution in [0.2, 0.25) is 0 Å². The van der Waals surface area contributed by atoms with E-state index in [9.17, 15) is 0 Å². The van der Waals surface area contributed by atoms with Crippen molar-refractivity contribution in [2.75, 3.05) is 0 Å². The first kappa shape index (κ1) is 10.0. The van der Waals surface area contributed by atoms with Gasteiger partial charge < -0.3 is 0 Å². The maximum absolute atomic E-state index is 2.25. The zero-order valence-electron chi connectivity index (χ0n) is 8.96. The predicted molar refractivity (Wildman–Crippen MR) is 59.7 cm³/mol. The quantitative estimate of drug-likeness (QED) is 0.634. The summed E-state index contributed by atoms with van der Waals surface area (Å²) in [6.45, 7) is 8.71. The fourth-order valence-electron chi connectivity index (χ4n) is 1.66. The van der Waals surface area contributed by atoms with Crippen molar-refractivity contribution in [1.29, 1.82) is 0 Å². The minimum Gasteiger partial charge on any atom is -0.0836 e. The van der Waals surface area contributed by atoms with Gasteiger partial charge in [0.2, 0.25) is 0 Å². The summed E-state index contributed by atoms with van der Waals surface area (Å²) in [7, 11) is 0. The SMILES string of the molecule is CC=C(c1cccc(C)c1)C(C)C. The Balaban J connectivity index is 3.06. The molecule has 0 saturated heterocycles. The third kappa shape index (κ3) is 2.45. The molecule has 0 aromatic heterocycles. The topological polar surface area (TPSA) is 0 Å². The van der Waals surface area contributed by atoms with Crippen LogP contribution in [0.25, 0.3) is 5.57 Å². The van der Waals surface area contributed by atoms with E-state index >= 15 is 0 Å². The summed E-state index contributed by atoms with van der Waals surface area (Å²) in [5.41, 5.74) is 4.12. The summed E-state index contributed by atoms with van der Waals surface area (Å²) in [6, 6.07) is 8.69. The number of aryl methyl sites for hydroxylation is 1. The van der Waals surface area contributed by atoms with Crippen LogP contribution in [-0.2, 0) is 0 Å². The van der Waals surface area contributed by atoms with E-state index in [0.717, 1.165) is 0 Å². The lowest BCUT2D eigenvalue weighted by Crippen LogP contribution is -1.93. The number of hydrogen-bond acceptors (Lipinski definition) is 0. The molecule has 13 heavy (non-hydrogen) atoms. The van der Waals surface area contributed by atoms with Crippen molar-refractivity contribution >= 4 is 5.57 Å². The predicted octanol–water partition coefficient (Wildman–Crippen LogP) is 4.05. The summed E-state index contributed by atoms with van der Waals surface area (Å²) in [5, 5.41) is 0. The standard InChI is InChI=1S/C13H18/c1-5-13(10(2)3)12-8-6-7-11(4)9-12/h5-10H,1-4H3. The molecule has 0 aliphatic rings. The summed E-state index contributed by atoms with van der Waals surface area (Å²) < 4.78 is 0. The van der Waals surface area contributed by atoms with Crippen LogP contribution in [0.3, 0.4) is 0 Å². The summed E-state index contributed by atoms with van der Waals surface area (Å²) >= 11 is 0. The Bertz CT molecular complexity index is 306. The monoisotopic (exact) mass is 174 g/mol. The van der Waals surface area contributed by atoms with Gasteiger partial charge in [-0.2, -0.15) is 0 Å². The molecule has 0 unspecified atom stereocenters. The minimum atomic E-state index is 0.604. The molecule has 0 amide bonds. The first-order chi connectivity index (χ1) is 6.15. The normalized spacial score (nSPS) is 12.2. The maximum atomic E-state index is 2.25. The molecule has 70 valence electrons. The third-order valence-electron chi connectivity index (χ3n) is 2.28. The lowest BCUT2D eigenvalue weighted by Gasteiger charge is -2.11. The van der Waals surface area contributed by atoms with Crippen molar-refractivity contribution in [3.8, 4) is 0 Å². The third-order valence-corrected chi connectivity index (χ3v) is 2.28. The largest absolute Gasteiger partial charge is 0.0836 e. The van der Waals surface area contributed by atoms with Gasteiger partial charge in [-0.15, -0.1) is 0 Å². The van der Waals surface area contributed by atoms with Crippen LogP contribution in [0.5, 0.6) is 0 Å². The van der Waals surface area contributed by atoms with Crippen LogP contribution in [0, 0.1) is 12.8 Å². The van der Waals surface area contributed by atoms with Gasteiger partial charge in [0.25, 0.3) is 0 Å². The van der Waals surface area contributed by atoms with Gasteiger partial charge in [-0.1, -0.05) is 49.8 Å². The molecule has 0 atom stereocenters. The molecule has 0 aliphatic carbocycles. The Morgan fingerprint density at radius 1 is 1.31 bits per heavy atom. The smallest absolute Gasteiger partial charge is 0.0216 e. The highest BCUT2D eigenvalue weighted by Gasteiger charge is 2.04. The summed E-state index contributed by atoms with van der Waals surface area (Å²) in [4.78, 5) is 0. The fraction of sp³-hybridized carbons (Fsp3) is 0.385. The van der Waals surface area contributed by atoms with Crippen molar-refractivity contribution in [3.05, 3.63) is 41.5 Å². The van der Waals surface area contributed by atoms with Crippen molar-refractivity contribution < 1.29 is 0 Å². The second-order valence-electron chi connectivity index (χ2n) is 3.77. The Morgan fingerprint density at radius 2 is 2.00 bits per heavy atom. The minimum absolute atomic E-state index is 0.604. The molecule has 0 fully saturated rings. The Kier molecular flexibility index (Phi) is 3.30. The van der Waals surface area contributed by atoms with Gasteiger partial charge >= 0.3 is 0 Å². The molecule has 0 nitrogen and oxygen atoms in total. The van der Waals surface area contributed by atoms with Gasteiger partial charge in [0, 0.05) is 0 Å². The van der Waals surface area contributed by atoms with Crippen LogP contribution in [0.1, 0.15) is 31.9 Å². The molecular weight excluding hydrogens is 156 g/mol. The van der Waals surface area contributed by atoms with Crippen molar-refractivity contribution in [2.45, 2.75) is 27.7 Å². The van der Waals surface area contributed by atoms with Gasteiger partial charge in [0.05, 0.1) is 0 Å². The lowest BCUT2D eigenvalue weighted by atomic mass is 9.94. The molecule has 0 heteroatoms. The van der Waals surface area contributed by atoms with Gasteiger partial charge in [-0.25, -0.2) is 0 Å².